The smallest absolute Gasteiger partial charge is 0.176 e. The molecular weight excluding hydrogens is 216 g/mol. The number of carbonyl (C=O) groups is 1. The van der Waals surface area contributed by atoms with Crippen molar-refractivity contribution in [3.05, 3.63) is 34.4 Å². The number of thioether (sulfide) groups is 1. The van der Waals surface area contributed by atoms with E-state index in [4.69, 9.17) is 0 Å². The Morgan fingerprint density at radius 1 is 1.31 bits per heavy atom. The predicted octanol–water partition coefficient (Wildman–Crippen LogP) is 3.76. The van der Waals surface area contributed by atoms with E-state index in [0.717, 1.165) is 16.9 Å². The average Bonchev–Trinajstić information content (AvgIpc) is 2.15. The molecule has 16 heavy (non-hydrogen) atoms. The van der Waals surface area contributed by atoms with Crippen LogP contribution >= 0.6 is 11.8 Å². The Morgan fingerprint density at radius 3 is 2.62 bits per heavy atom. The normalized spacial score (nSPS) is 20.1. The summed E-state index contributed by atoms with van der Waals surface area (Å²) in [5, 5.41) is 0.147. The molecule has 2 rings (SSSR count). The molecule has 0 fully saturated rings. The molecule has 1 aliphatic heterocycles. The second-order valence-electron chi connectivity index (χ2n) is 4.96. The first-order valence-electron chi connectivity index (χ1n) is 5.76. The first kappa shape index (κ1) is 11.7. The summed E-state index contributed by atoms with van der Waals surface area (Å²) in [5.41, 5.74) is 4.62. The number of fused-ring (bicyclic) bond motifs is 1. The van der Waals surface area contributed by atoms with Crippen molar-refractivity contribution in [2.45, 2.75) is 38.7 Å². The predicted molar refractivity (Wildman–Crippen MR) is 70.2 cm³/mol. The van der Waals surface area contributed by atoms with Gasteiger partial charge in [-0.1, -0.05) is 31.5 Å². The van der Waals surface area contributed by atoms with Crippen LogP contribution in [0.5, 0.6) is 0 Å². The minimum atomic E-state index is 0.147. The maximum Gasteiger partial charge on any atom is 0.176 e. The first-order valence-corrected chi connectivity index (χ1v) is 6.81. The van der Waals surface area contributed by atoms with E-state index < -0.39 is 0 Å². The second-order valence-corrected chi connectivity index (χ2v) is 6.09. The number of rotatable bonds is 1. The lowest BCUT2D eigenvalue weighted by atomic mass is 9.91. The van der Waals surface area contributed by atoms with Crippen LogP contribution in [0.1, 0.15) is 40.9 Å². The molecule has 0 aliphatic carbocycles. The highest BCUT2D eigenvalue weighted by Gasteiger charge is 2.31. The van der Waals surface area contributed by atoms with Gasteiger partial charge in [0.15, 0.2) is 5.78 Å². The summed E-state index contributed by atoms with van der Waals surface area (Å²) in [4.78, 5) is 12.4. The van der Waals surface area contributed by atoms with Gasteiger partial charge < -0.3 is 0 Å². The van der Waals surface area contributed by atoms with Gasteiger partial charge in [-0.25, -0.2) is 0 Å². The molecule has 1 unspecified atom stereocenters. The minimum Gasteiger partial charge on any atom is -0.293 e. The molecule has 1 aliphatic rings. The van der Waals surface area contributed by atoms with Gasteiger partial charge in [0.2, 0.25) is 0 Å². The summed E-state index contributed by atoms with van der Waals surface area (Å²) in [5.74, 6) is 1.73. The van der Waals surface area contributed by atoms with Crippen molar-refractivity contribution in [1.29, 1.82) is 0 Å². The summed E-state index contributed by atoms with van der Waals surface area (Å²) in [6.07, 6.45) is 0. The molecule has 0 bridgehead atoms. The molecule has 0 N–H and O–H groups in total. The Bertz CT molecular complexity index is 435. The summed E-state index contributed by atoms with van der Waals surface area (Å²) >= 11 is 1.79. The van der Waals surface area contributed by atoms with E-state index in [1.165, 1.54) is 11.1 Å². The van der Waals surface area contributed by atoms with Crippen LogP contribution in [-0.2, 0) is 5.75 Å². The molecule has 1 aromatic rings. The summed E-state index contributed by atoms with van der Waals surface area (Å²) < 4.78 is 0. The molecule has 1 aromatic carbocycles. The number of hydrogen-bond donors (Lipinski definition) is 0. The third-order valence-corrected chi connectivity index (χ3v) is 4.69. The zero-order valence-corrected chi connectivity index (χ0v) is 11.1. The first-order chi connectivity index (χ1) is 7.50. The zero-order chi connectivity index (χ0) is 11.9. The van der Waals surface area contributed by atoms with E-state index in [1.54, 1.807) is 11.8 Å². The third-order valence-electron chi connectivity index (χ3n) is 3.09. The Hall–Kier alpha value is -0.760. The van der Waals surface area contributed by atoms with Crippen molar-refractivity contribution in [3.63, 3.8) is 0 Å². The lowest BCUT2D eigenvalue weighted by Gasteiger charge is -2.27. The van der Waals surface area contributed by atoms with E-state index >= 15 is 0 Å². The van der Waals surface area contributed by atoms with Crippen molar-refractivity contribution in [1.82, 2.24) is 0 Å². The van der Waals surface area contributed by atoms with Crippen LogP contribution in [0, 0.1) is 19.8 Å². The van der Waals surface area contributed by atoms with Gasteiger partial charge in [0.25, 0.3) is 0 Å². The third kappa shape index (κ3) is 1.91. The Labute approximate surface area is 102 Å². The van der Waals surface area contributed by atoms with Gasteiger partial charge >= 0.3 is 0 Å². The number of aryl methyl sites for hydroxylation is 2. The van der Waals surface area contributed by atoms with Crippen LogP contribution < -0.4 is 0 Å². The maximum absolute atomic E-state index is 12.4. The summed E-state index contributed by atoms with van der Waals surface area (Å²) in [7, 11) is 0. The van der Waals surface area contributed by atoms with Crippen LogP contribution in [0.4, 0.5) is 0 Å². The fourth-order valence-corrected chi connectivity index (χ4v) is 3.66. The van der Waals surface area contributed by atoms with Gasteiger partial charge in [-0.15, -0.1) is 11.8 Å². The van der Waals surface area contributed by atoms with Gasteiger partial charge in [-0.3, -0.25) is 4.79 Å². The van der Waals surface area contributed by atoms with E-state index in [0.29, 0.717) is 11.7 Å². The molecule has 2 heteroatoms. The highest BCUT2D eigenvalue weighted by molar-refractivity contribution is 8.00. The van der Waals surface area contributed by atoms with Gasteiger partial charge in [-0.2, -0.15) is 0 Å². The van der Waals surface area contributed by atoms with E-state index in [9.17, 15) is 4.79 Å². The number of carbonyl (C=O) groups excluding carboxylic acids is 1. The molecule has 1 nitrogen and oxygen atoms in total. The molecule has 1 heterocycles. The second kappa shape index (κ2) is 4.25. The van der Waals surface area contributed by atoms with Crippen molar-refractivity contribution >= 4 is 17.5 Å². The lowest BCUT2D eigenvalue weighted by molar-refractivity contribution is 0.0972. The number of benzene rings is 1. The van der Waals surface area contributed by atoms with Gasteiger partial charge in [0.05, 0.1) is 5.25 Å². The molecule has 0 aromatic heterocycles. The van der Waals surface area contributed by atoms with Crippen LogP contribution in [0.25, 0.3) is 0 Å². The van der Waals surface area contributed by atoms with Crippen molar-refractivity contribution in [3.8, 4) is 0 Å². The van der Waals surface area contributed by atoms with Crippen molar-refractivity contribution in [2.24, 2.45) is 5.92 Å². The van der Waals surface area contributed by atoms with Crippen LogP contribution in [0.2, 0.25) is 0 Å². The zero-order valence-electron chi connectivity index (χ0n) is 10.3. The molecular formula is C14H18OS. The fraction of sp³-hybridized carbons (Fsp3) is 0.500. The fourth-order valence-electron chi connectivity index (χ4n) is 2.41. The van der Waals surface area contributed by atoms with Gasteiger partial charge in [0.1, 0.15) is 0 Å². The molecule has 0 radical (unpaired) electrons. The van der Waals surface area contributed by atoms with E-state index in [1.807, 2.05) is 0 Å². The van der Waals surface area contributed by atoms with E-state index in [2.05, 4.69) is 39.8 Å². The van der Waals surface area contributed by atoms with Crippen molar-refractivity contribution in [2.75, 3.05) is 0 Å². The number of Topliss-reactive ketones (excluding diaryl/α,β-unsaturated/α-hetero) is 1. The Kier molecular flexibility index (Phi) is 3.11. The minimum absolute atomic E-state index is 0.147. The summed E-state index contributed by atoms with van der Waals surface area (Å²) in [6.45, 7) is 8.40. The molecule has 1 atom stereocenters. The monoisotopic (exact) mass is 234 g/mol. The van der Waals surface area contributed by atoms with Crippen molar-refractivity contribution < 1.29 is 4.79 Å². The Morgan fingerprint density at radius 2 is 2.00 bits per heavy atom. The molecule has 86 valence electrons. The average molecular weight is 234 g/mol. The molecule has 0 amide bonds. The standard InChI is InChI=1S/C14H18OS/c1-8(2)14-13(15)12-10(4)5-9(3)6-11(12)7-16-14/h5-6,8,14H,7H2,1-4H3. The molecule has 0 spiro atoms. The molecule has 0 saturated heterocycles. The maximum atomic E-state index is 12.4. The quantitative estimate of drug-likeness (QED) is 0.736. The molecule has 0 saturated carbocycles. The van der Waals surface area contributed by atoms with Gasteiger partial charge in [0, 0.05) is 11.3 Å². The van der Waals surface area contributed by atoms with E-state index in [-0.39, 0.29) is 5.25 Å². The topological polar surface area (TPSA) is 17.1 Å². The number of hydrogen-bond acceptors (Lipinski definition) is 2. The van der Waals surface area contributed by atoms with Gasteiger partial charge in [-0.05, 0) is 30.9 Å². The van der Waals surface area contributed by atoms with Crippen LogP contribution in [0.15, 0.2) is 12.1 Å². The van der Waals surface area contributed by atoms with Crippen LogP contribution in [-0.4, -0.2) is 11.0 Å². The largest absolute Gasteiger partial charge is 0.293 e. The van der Waals surface area contributed by atoms with Crippen LogP contribution in [0.3, 0.4) is 0 Å². The lowest BCUT2D eigenvalue weighted by Crippen LogP contribution is -2.28. The summed E-state index contributed by atoms with van der Waals surface area (Å²) in [6, 6.07) is 4.27. The number of ketones is 1. The Balaban J connectivity index is 2.49. The highest BCUT2D eigenvalue weighted by Crippen LogP contribution is 2.35. The SMILES string of the molecule is Cc1cc(C)c2c(c1)CSC(C(C)C)C2=O. The highest BCUT2D eigenvalue weighted by atomic mass is 32.2.